The minimum atomic E-state index is 0.519. The lowest BCUT2D eigenvalue weighted by atomic mass is 10.0. The Morgan fingerprint density at radius 3 is 2.79 bits per heavy atom. The molecular weight excluding hydrogens is 174 g/mol. The lowest BCUT2D eigenvalue weighted by Gasteiger charge is -2.10. The summed E-state index contributed by atoms with van der Waals surface area (Å²) in [7, 11) is 3.74. The van der Waals surface area contributed by atoms with E-state index in [0.29, 0.717) is 12.0 Å². The van der Waals surface area contributed by atoms with Crippen molar-refractivity contribution in [3.05, 3.63) is 29.3 Å². The maximum absolute atomic E-state index is 5.24. The van der Waals surface area contributed by atoms with Crippen LogP contribution in [0.15, 0.2) is 18.2 Å². The molecular formula is C12H17NO. The van der Waals surface area contributed by atoms with Crippen LogP contribution in [-0.4, -0.2) is 14.2 Å². The Bertz CT molecular complexity index is 335. The van der Waals surface area contributed by atoms with Gasteiger partial charge in [0, 0.05) is 6.04 Å². The molecule has 1 aromatic rings. The highest BCUT2D eigenvalue weighted by molar-refractivity contribution is 5.43. The quantitative estimate of drug-likeness (QED) is 0.775. The Labute approximate surface area is 85.3 Å². The number of fused-ring (bicyclic) bond motifs is 1. The molecule has 1 aliphatic rings. The summed E-state index contributed by atoms with van der Waals surface area (Å²) in [6.07, 6.45) is 1.19. The first-order valence-corrected chi connectivity index (χ1v) is 5.11. The van der Waals surface area contributed by atoms with E-state index in [1.807, 2.05) is 13.1 Å². The topological polar surface area (TPSA) is 21.3 Å². The third-order valence-electron chi connectivity index (χ3n) is 3.14. The molecule has 0 bridgehead atoms. The summed E-state index contributed by atoms with van der Waals surface area (Å²) in [5.74, 6) is 1.60. The van der Waals surface area contributed by atoms with Gasteiger partial charge in [-0.2, -0.15) is 0 Å². The van der Waals surface area contributed by atoms with Gasteiger partial charge in [-0.3, -0.25) is 0 Å². The largest absolute Gasteiger partial charge is 0.497 e. The van der Waals surface area contributed by atoms with Gasteiger partial charge >= 0.3 is 0 Å². The zero-order chi connectivity index (χ0) is 10.1. The van der Waals surface area contributed by atoms with Crippen LogP contribution in [0.1, 0.15) is 36.4 Å². The van der Waals surface area contributed by atoms with Crippen LogP contribution in [0, 0.1) is 0 Å². The summed E-state index contributed by atoms with van der Waals surface area (Å²) < 4.78 is 5.24. The first-order valence-electron chi connectivity index (χ1n) is 5.11. The molecule has 0 amide bonds. The fourth-order valence-electron chi connectivity index (χ4n) is 2.30. The zero-order valence-corrected chi connectivity index (χ0v) is 9.00. The lowest BCUT2D eigenvalue weighted by molar-refractivity contribution is 0.414. The van der Waals surface area contributed by atoms with E-state index < -0.39 is 0 Å². The van der Waals surface area contributed by atoms with Crippen molar-refractivity contribution in [3.8, 4) is 5.75 Å². The van der Waals surface area contributed by atoms with E-state index in [4.69, 9.17) is 4.74 Å². The summed E-state index contributed by atoms with van der Waals surface area (Å²) in [4.78, 5) is 0. The van der Waals surface area contributed by atoms with Crippen LogP contribution in [0.4, 0.5) is 0 Å². The number of ether oxygens (including phenoxy) is 1. The van der Waals surface area contributed by atoms with Crippen molar-refractivity contribution in [3.63, 3.8) is 0 Å². The molecule has 0 fully saturated rings. The summed E-state index contributed by atoms with van der Waals surface area (Å²) >= 11 is 0. The summed E-state index contributed by atoms with van der Waals surface area (Å²) in [6.45, 7) is 2.27. The Morgan fingerprint density at radius 1 is 1.36 bits per heavy atom. The fourth-order valence-corrected chi connectivity index (χ4v) is 2.30. The second kappa shape index (κ2) is 3.62. The Morgan fingerprint density at radius 2 is 2.14 bits per heavy atom. The first kappa shape index (κ1) is 9.53. The lowest BCUT2D eigenvalue weighted by Crippen LogP contribution is -2.12. The van der Waals surface area contributed by atoms with Crippen LogP contribution in [0.3, 0.4) is 0 Å². The van der Waals surface area contributed by atoms with Crippen LogP contribution < -0.4 is 10.1 Å². The van der Waals surface area contributed by atoms with Crippen LogP contribution in [0.25, 0.3) is 0 Å². The molecule has 0 spiro atoms. The van der Waals surface area contributed by atoms with Gasteiger partial charge in [0.15, 0.2) is 0 Å². The Kier molecular flexibility index (Phi) is 2.46. The average molecular weight is 191 g/mol. The molecule has 2 unspecified atom stereocenters. The first-order chi connectivity index (χ1) is 6.76. The van der Waals surface area contributed by atoms with Gasteiger partial charge < -0.3 is 10.1 Å². The number of hydrogen-bond donors (Lipinski definition) is 1. The highest BCUT2D eigenvalue weighted by atomic mass is 16.5. The predicted octanol–water partition coefficient (Wildman–Crippen LogP) is 2.46. The summed E-state index contributed by atoms with van der Waals surface area (Å²) in [5.41, 5.74) is 2.87. The number of nitrogens with one attached hydrogen (secondary N) is 1. The Hall–Kier alpha value is -1.02. The Balaban J connectivity index is 2.41. The number of methoxy groups -OCH3 is 1. The van der Waals surface area contributed by atoms with Gasteiger partial charge in [0.2, 0.25) is 0 Å². The third-order valence-corrected chi connectivity index (χ3v) is 3.14. The van der Waals surface area contributed by atoms with Crippen molar-refractivity contribution in [2.75, 3.05) is 14.2 Å². The highest BCUT2D eigenvalue weighted by Gasteiger charge is 2.27. The van der Waals surface area contributed by atoms with Crippen LogP contribution in [-0.2, 0) is 0 Å². The molecule has 14 heavy (non-hydrogen) atoms. The maximum Gasteiger partial charge on any atom is 0.119 e. The van der Waals surface area contributed by atoms with Gasteiger partial charge in [-0.15, -0.1) is 0 Å². The van der Waals surface area contributed by atoms with Crippen molar-refractivity contribution in [1.29, 1.82) is 0 Å². The summed E-state index contributed by atoms with van der Waals surface area (Å²) in [6, 6.07) is 6.91. The number of rotatable bonds is 2. The van der Waals surface area contributed by atoms with Gasteiger partial charge in [0.1, 0.15) is 5.75 Å². The van der Waals surface area contributed by atoms with Crippen molar-refractivity contribution in [2.45, 2.75) is 25.3 Å². The van der Waals surface area contributed by atoms with Crippen molar-refractivity contribution in [2.24, 2.45) is 0 Å². The zero-order valence-electron chi connectivity index (χ0n) is 9.00. The molecule has 0 saturated heterocycles. The second-order valence-corrected chi connectivity index (χ2v) is 3.97. The van der Waals surface area contributed by atoms with Crippen LogP contribution >= 0.6 is 0 Å². The molecule has 1 aliphatic carbocycles. The molecule has 2 rings (SSSR count). The van der Waals surface area contributed by atoms with Crippen molar-refractivity contribution < 1.29 is 4.74 Å². The minimum absolute atomic E-state index is 0.519. The van der Waals surface area contributed by atoms with Crippen molar-refractivity contribution in [1.82, 2.24) is 5.32 Å². The molecule has 0 aliphatic heterocycles. The number of benzene rings is 1. The maximum atomic E-state index is 5.24. The van der Waals surface area contributed by atoms with E-state index in [1.54, 1.807) is 7.11 Å². The number of hydrogen-bond acceptors (Lipinski definition) is 2. The van der Waals surface area contributed by atoms with Crippen LogP contribution in [0.2, 0.25) is 0 Å². The molecule has 0 heterocycles. The third kappa shape index (κ3) is 1.40. The second-order valence-electron chi connectivity index (χ2n) is 3.97. The molecule has 2 nitrogen and oxygen atoms in total. The predicted molar refractivity (Wildman–Crippen MR) is 57.8 cm³/mol. The summed E-state index contributed by atoms with van der Waals surface area (Å²) in [5, 5.41) is 3.35. The van der Waals surface area contributed by atoms with E-state index in [-0.39, 0.29) is 0 Å². The van der Waals surface area contributed by atoms with Gasteiger partial charge in [-0.25, -0.2) is 0 Å². The molecule has 76 valence electrons. The molecule has 1 N–H and O–H groups in total. The fraction of sp³-hybridized carbons (Fsp3) is 0.500. The van der Waals surface area contributed by atoms with Gasteiger partial charge in [0.05, 0.1) is 7.11 Å². The average Bonchev–Trinajstić information content (AvgIpc) is 2.55. The smallest absolute Gasteiger partial charge is 0.119 e. The normalized spacial score (nSPS) is 24.8. The highest BCUT2D eigenvalue weighted by Crippen LogP contribution is 2.41. The van der Waals surface area contributed by atoms with E-state index in [1.165, 1.54) is 17.5 Å². The van der Waals surface area contributed by atoms with Gasteiger partial charge in [0.25, 0.3) is 0 Å². The molecule has 1 aromatic carbocycles. The van der Waals surface area contributed by atoms with E-state index in [9.17, 15) is 0 Å². The SMILES string of the molecule is CNC1CC(C)c2cc(OC)ccc21. The van der Waals surface area contributed by atoms with Crippen LogP contribution in [0.5, 0.6) is 5.75 Å². The molecule has 2 heteroatoms. The monoisotopic (exact) mass is 191 g/mol. The van der Waals surface area contributed by atoms with Crippen molar-refractivity contribution >= 4 is 0 Å². The standard InChI is InChI=1S/C12H17NO/c1-8-6-12(13-2)10-5-4-9(14-3)7-11(8)10/h4-5,7-8,12-13H,6H2,1-3H3. The van der Waals surface area contributed by atoms with E-state index in [2.05, 4.69) is 24.4 Å². The van der Waals surface area contributed by atoms with E-state index in [0.717, 1.165) is 5.75 Å². The molecule has 0 radical (unpaired) electrons. The van der Waals surface area contributed by atoms with E-state index >= 15 is 0 Å². The molecule has 0 saturated carbocycles. The minimum Gasteiger partial charge on any atom is -0.497 e. The van der Waals surface area contributed by atoms with Gasteiger partial charge in [-0.1, -0.05) is 13.0 Å². The molecule has 2 atom stereocenters. The van der Waals surface area contributed by atoms with Gasteiger partial charge in [-0.05, 0) is 42.6 Å². The molecule has 0 aromatic heterocycles.